The Morgan fingerprint density at radius 3 is 2.71 bits per heavy atom. The zero-order chi connectivity index (χ0) is 16.7. The Balaban J connectivity index is 1.40. The predicted molar refractivity (Wildman–Crippen MR) is 93.7 cm³/mol. The summed E-state index contributed by atoms with van der Waals surface area (Å²) in [6, 6.07) is 0. The summed E-state index contributed by atoms with van der Waals surface area (Å²) in [4.78, 5) is 14.9. The molecular weight excluding hydrogens is 324 g/mol. The van der Waals surface area contributed by atoms with Gasteiger partial charge in [-0.15, -0.1) is 11.3 Å². The molecule has 128 valence electrons. The number of aromatic nitrogens is 4. The molecule has 0 amide bonds. The van der Waals surface area contributed by atoms with E-state index in [2.05, 4.69) is 61.7 Å². The van der Waals surface area contributed by atoms with Gasteiger partial charge in [-0.05, 0) is 12.1 Å². The Hall–Kier alpha value is -1.93. The molecule has 1 fully saturated rings. The fraction of sp³-hybridized carbons (Fsp3) is 0.562. The van der Waals surface area contributed by atoms with Gasteiger partial charge in [-0.3, -0.25) is 9.30 Å². The molecule has 0 unspecified atom stereocenters. The lowest BCUT2D eigenvalue weighted by molar-refractivity contribution is 0.244. The molecule has 3 aromatic heterocycles. The highest BCUT2D eigenvalue weighted by Gasteiger charge is 2.23. The molecule has 0 aliphatic carbocycles. The molecule has 0 N–H and O–H groups in total. The molecule has 1 saturated heterocycles. The molecule has 4 rings (SSSR count). The molecular formula is C16H22N6OS. The third kappa shape index (κ3) is 2.80. The van der Waals surface area contributed by atoms with Gasteiger partial charge in [-0.2, -0.15) is 4.98 Å². The number of rotatable bonds is 4. The van der Waals surface area contributed by atoms with Crippen molar-refractivity contribution in [2.24, 2.45) is 0 Å². The van der Waals surface area contributed by atoms with Gasteiger partial charge in [0.25, 0.3) is 5.95 Å². The summed E-state index contributed by atoms with van der Waals surface area (Å²) in [5.41, 5.74) is 2.42. The average Bonchev–Trinajstić information content (AvgIpc) is 3.27. The Morgan fingerprint density at radius 1 is 1.21 bits per heavy atom. The maximum atomic E-state index is 5.32. The van der Waals surface area contributed by atoms with Crippen molar-refractivity contribution in [3.8, 4) is 0 Å². The van der Waals surface area contributed by atoms with Crippen LogP contribution in [0.3, 0.4) is 0 Å². The molecule has 24 heavy (non-hydrogen) atoms. The van der Waals surface area contributed by atoms with E-state index >= 15 is 0 Å². The van der Waals surface area contributed by atoms with Gasteiger partial charge in [0.05, 0.1) is 11.4 Å². The largest absolute Gasteiger partial charge is 0.337 e. The molecule has 7 nitrogen and oxygen atoms in total. The molecule has 8 heteroatoms. The van der Waals surface area contributed by atoms with E-state index in [1.165, 1.54) is 5.69 Å². The Labute approximate surface area is 144 Å². The SMILES string of the molecule is Cc1nc2sccn2c1CN1CCN(c2noc(C(C)C)n2)CC1. The van der Waals surface area contributed by atoms with Crippen molar-refractivity contribution in [2.45, 2.75) is 33.2 Å². The van der Waals surface area contributed by atoms with Crippen molar-refractivity contribution in [1.82, 2.24) is 24.4 Å². The van der Waals surface area contributed by atoms with Crippen LogP contribution in [0.25, 0.3) is 4.96 Å². The molecule has 0 aromatic carbocycles. The summed E-state index contributed by atoms with van der Waals surface area (Å²) in [6.45, 7) is 11.0. The van der Waals surface area contributed by atoms with E-state index in [9.17, 15) is 0 Å². The van der Waals surface area contributed by atoms with Crippen LogP contribution < -0.4 is 4.90 Å². The van der Waals surface area contributed by atoms with Crippen LogP contribution in [-0.2, 0) is 6.54 Å². The molecule has 0 atom stereocenters. The van der Waals surface area contributed by atoms with Crippen molar-refractivity contribution < 1.29 is 4.52 Å². The van der Waals surface area contributed by atoms with Crippen molar-refractivity contribution in [3.05, 3.63) is 28.9 Å². The number of nitrogens with zero attached hydrogens (tertiary/aromatic N) is 6. The van der Waals surface area contributed by atoms with Crippen LogP contribution in [0.15, 0.2) is 16.1 Å². The van der Waals surface area contributed by atoms with Crippen LogP contribution in [0.1, 0.15) is 37.0 Å². The second-order valence-corrected chi connectivity index (χ2v) is 7.42. The maximum absolute atomic E-state index is 5.32. The number of imidazole rings is 1. The highest BCUT2D eigenvalue weighted by atomic mass is 32.1. The van der Waals surface area contributed by atoms with Gasteiger partial charge in [0.2, 0.25) is 5.89 Å². The average molecular weight is 346 g/mol. The molecule has 4 heterocycles. The van der Waals surface area contributed by atoms with Gasteiger partial charge in [-0.25, -0.2) is 4.98 Å². The first-order valence-corrected chi connectivity index (χ1v) is 9.21. The third-order valence-corrected chi connectivity index (χ3v) is 5.27. The highest BCUT2D eigenvalue weighted by molar-refractivity contribution is 7.15. The number of hydrogen-bond donors (Lipinski definition) is 0. The molecule has 1 aliphatic rings. The molecule has 0 bridgehead atoms. The number of fused-ring (bicyclic) bond motifs is 1. The summed E-state index contributed by atoms with van der Waals surface area (Å²) >= 11 is 1.68. The van der Waals surface area contributed by atoms with Gasteiger partial charge < -0.3 is 9.42 Å². The zero-order valence-corrected chi connectivity index (χ0v) is 15.1. The second-order valence-electron chi connectivity index (χ2n) is 6.55. The van der Waals surface area contributed by atoms with Gasteiger partial charge in [0.1, 0.15) is 0 Å². The molecule has 1 aliphatic heterocycles. The van der Waals surface area contributed by atoms with Crippen LogP contribution in [0.4, 0.5) is 5.95 Å². The highest BCUT2D eigenvalue weighted by Crippen LogP contribution is 2.21. The van der Waals surface area contributed by atoms with Gasteiger partial charge >= 0.3 is 0 Å². The minimum atomic E-state index is 0.269. The van der Waals surface area contributed by atoms with Crippen LogP contribution in [0.5, 0.6) is 0 Å². The molecule has 0 spiro atoms. The number of hydrogen-bond acceptors (Lipinski definition) is 7. The standard InChI is InChI=1S/C16H22N6OS/c1-11(2)14-18-15(19-23-14)21-6-4-20(5-7-21)10-13-12(3)17-16-22(13)8-9-24-16/h8-9,11H,4-7,10H2,1-3H3. The van der Waals surface area contributed by atoms with Crippen LogP contribution >= 0.6 is 11.3 Å². The molecule has 0 radical (unpaired) electrons. The molecule has 0 saturated carbocycles. The first-order valence-electron chi connectivity index (χ1n) is 8.33. The number of anilines is 1. The minimum absolute atomic E-state index is 0.269. The lowest BCUT2D eigenvalue weighted by atomic mass is 10.2. The van der Waals surface area contributed by atoms with E-state index in [-0.39, 0.29) is 5.92 Å². The van der Waals surface area contributed by atoms with Gasteiger partial charge in [0, 0.05) is 50.2 Å². The topological polar surface area (TPSA) is 62.7 Å². The smallest absolute Gasteiger partial charge is 0.266 e. The van der Waals surface area contributed by atoms with Crippen LogP contribution in [0.2, 0.25) is 0 Å². The summed E-state index contributed by atoms with van der Waals surface area (Å²) in [5, 5.41) is 6.21. The quantitative estimate of drug-likeness (QED) is 0.723. The van der Waals surface area contributed by atoms with Crippen molar-refractivity contribution >= 4 is 22.2 Å². The van der Waals surface area contributed by atoms with Gasteiger partial charge in [0.15, 0.2) is 4.96 Å². The van der Waals surface area contributed by atoms with Crippen molar-refractivity contribution in [1.29, 1.82) is 0 Å². The van der Waals surface area contributed by atoms with E-state index in [1.54, 1.807) is 11.3 Å². The fourth-order valence-corrected chi connectivity index (χ4v) is 3.82. The zero-order valence-electron chi connectivity index (χ0n) is 14.3. The third-order valence-electron chi connectivity index (χ3n) is 4.51. The first kappa shape index (κ1) is 15.6. The predicted octanol–water partition coefficient (Wildman–Crippen LogP) is 2.53. The number of aryl methyl sites for hydroxylation is 1. The Bertz CT molecular complexity index is 827. The van der Waals surface area contributed by atoms with Crippen LogP contribution in [0, 0.1) is 6.92 Å². The minimum Gasteiger partial charge on any atom is -0.337 e. The molecule has 3 aromatic rings. The lowest BCUT2D eigenvalue weighted by Crippen LogP contribution is -2.46. The first-order chi connectivity index (χ1) is 11.6. The Morgan fingerprint density at radius 2 is 2.00 bits per heavy atom. The monoisotopic (exact) mass is 346 g/mol. The number of piperazine rings is 1. The van der Waals surface area contributed by atoms with Crippen molar-refractivity contribution in [3.63, 3.8) is 0 Å². The summed E-state index contributed by atoms with van der Waals surface area (Å²) < 4.78 is 7.53. The number of thiazole rings is 1. The summed E-state index contributed by atoms with van der Waals surface area (Å²) in [7, 11) is 0. The fourth-order valence-electron chi connectivity index (χ4n) is 3.04. The van der Waals surface area contributed by atoms with E-state index in [0.717, 1.165) is 49.3 Å². The van der Waals surface area contributed by atoms with E-state index in [4.69, 9.17) is 4.52 Å². The van der Waals surface area contributed by atoms with Crippen LogP contribution in [-0.4, -0.2) is 50.6 Å². The normalized spacial score (nSPS) is 16.6. The Kier molecular flexibility index (Phi) is 4.01. The summed E-state index contributed by atoms with van der Waals surface area (Å²) in [5.74, 6) is 1.70. The lowest BCUT2D eigenvalue weighted by Gasteiger charge is -2.33. The van der Waals surface area contributed by atoms with E-state index in [0.29, 0.717) is 5.89 Å². The summed E-state index contributed by atoms with van der Waals surface area (Å²) in [6.07, 6.45) is 2.11. The van der Waals surface area contributed by atoms with E-state index in [1.807, 2.05) is 0 Å². The van der Waals surface area contributed by atoms with E-state index < -0.39 is 0 Å². The van der Waals surface area contributed by atoms with Crippen molar-refractivity contribution in [2.75, 3.05) is 31.1 Å². The van der Waals surface area contributed by atoms with Gasteiger partial charge in [-0.1, -0.05) is 13.8 Å². The second kappa shape index (κ2) is 6.18. The maximum Gasteiger partial charge on any atom is 0.266 e.